The zero-order chi connectivity index (χ0) is 18.5. The summed E-state index contributed by atoms with van der Waals surface area (Å²) < 4.78 is 53.8. The number of nitrogens with zero attached hydrogens (tertiary/aromatic N) is 2. The molecule has 2 N–H and O–H groups in total. The highest BCUT2D eigenvalue weighted by Gasteiger charge is 2.34. The zero-order valence-electron chi connectivity index (χ0n) is 13.4. The van der Waals surface area contributed by atoms with E-state index in [1.807, 2.05) is 0 Å². The summed E-state index contributed by atoms with van der Waals surface area (Å²) in [5, 5.41) is 3.19. The van der Waals surface area contributed by atoms with Gasteiger partial charge in [0.2, 0.25) is 0 Å². The standard InChI is InChI=1S/C17H14F4N4O/c18-13-2-1-9(5-12(13)17(19,20)21)10-6-14-15(23-7-10)24-16(26)25(14)8-11-3-4-22-11/h1-2,5-7,11,22H,3-4,8H2,(H,23,24,26). The second-order valence-corrected chi connectivity index (χ2v) is 6.26. The molecule has 3 aromatic rings. The number of aromatic amines is 1. The van der Waals surface area contributed by atoms with E-state index in [9.17, 15) is 22.4 Å². The number of alkyl halides is 3. The lowest BCUT2D eigenvalue weighted by Crippen LogP contribution is -2.46. The van der Waals surface area contributed by atoms with Gasteiger partial charge < -0.3 is 5.32 Å². The van der Waals surface area contributed by atoms with Crippen molar-refractivity contribution in [1.82, 2.24) is 19.9 Å². The van der Waals surface area contributed by atoms with Gasteiger partial charge in [0.1, 0.15) is 5.82 Å². The lowest BCUT2D eigenvalue weighted by atomic mass is 10.0. The first-order chi connectivity index (χ1) is 12.3. The second kappa shape index (κ2) is 5.94. The van der Waals surface area contributed by atoms with Crippen LogP contribution in [0.3, 0.4) is 0 Å². The predicted molar refractivity (Wildman–Crippen MR) is 87.2 cm³/mol. The van der Waals surface area contributed by atoms with E-state index in [1.165, 1.54) is 16.8 Å². The number of imidazole rings is 1. The van der Waals surface area contributed by atoms with Crippen molar-refractivity contribution in [1.29, 1.82) is 0 Å². The van der Waals surface area contributed by atoms with E-state index in [0.717, 1.165) is 25.1 Å². The summed E-state index contributed by atoms with van der Waals surface area (Å²) in [7, 11) is 0. The number of hydrogen-bond acceptors (Lipinski definition) is 3. The van der Waals surface area contributed by atoms with Crippen LogP contribution in [0.4, 0.5) is 17.6 Å². The molecule has 0 radical (unpaired) electrons. The smallest absolute Gasteiger partial charge is 0.312 e. The monoisotopic (exact) mass is 366 g/mol. The molecule has 0 aliphatic carbocycles. The van der Waals surface area contributed by atoms with Crippen molar-refractivity contribution in [2.24, 2.45) is 0 Å². The minimum absolute atomic E-state index is 0.176. The largest absolute Gasteiger partial charge is 0.419 e. The third-order valence-electron chi connectivity index (χ3n) is 4.56. The van der Waals surface area contributed by atoms with Gasteiger partial charge in [0.25, 0.3) is 0 Å². The average molecular weight is 366 g/mol. The molecular weight excluding hydrogens is 352 g/mol. The van der Waals surface area contributed by atoms with Crippen LogP contribution in [0.25, 0.3) is 22.3 Å². The van der Waals surface area contributed by atoms with Gasteiger partial charge >= 0.3 is 11.9 Å². The molecule has 0 amide bonds. The molecule has 0 bridgehead atoms. The van der Waals surface area contributed by atoms with Crippen LogP contribution >= 0.6 is 0 Å². The topological polar surface area (TPSA) is 62.7 Å². The van der Waals surface area contributed by atoms with Gasteiger partial charge in [0, 0.05) is 24.3 Å². The number of hydrogen-bond donors (Lipinski definition) is 2. The first kappa shape index (κ1) is 16.8. The van der Waals surface area contributed by atoms with Gasteiger partial charge in [-0.05, 0) is 36.7 Å². The summed E-state index contributed by atoms with van der Waals surface area (Å²) >= 11 is 0. The number of aromatic nitrogens is 3. The van der Waals surface area contributed by atoms with Crippen LogP contribution in [-0.2, 0) is 12.7 Å². The molecular formula is C17H14F4N4O. The maximum atomic E-state index is 13.5. The Kier molecular flexibility index (Phi) is 3.83. The van der Waals surface area contributed by atoms with Gasteiger partial charge in [-0.2, -0.15) is 13.2 Å². The summed E-state index contributed by atoms with van der Waals surface area (Å²) in [4.78, 5) is 18.9. The number of rotatable bonds is 3. The fraction of sp³-hybridized carbons (Fsp3) is 0.294. The molecule has 2 aromatic heterocycles. The summed E-state index contributed by atoms with van der Waals surface area (Å²) in [6.07, 6.45) is -2.49. The summed E-state index contributed by atoms with van der Waals surface area (Å²) in [5.41, 5.74) is -0.253. The van der Waals surface area contributed by atoms with Crippen molar-refractivity contribution in [3.8, 4) is 11.1 Å². The Hall–Kier alpha value is -2.68. The molecule has 0 saturated carbocycles. The Morgan fingerprint density at radius 1 is 1.23 bits per heavy atom. The Bertz CT molecular complexity index is 1030. The molecule has 3 heterocycles. The van der Waals surface area contributed by atoms with Crippen LogP contribution in [0, 0.1) is 5.82 Å². The zero-order valence-corrected chi connectivity index (χ0v) is 13.4. The number of fused-ring (bicyclic) bond motifs is 1. The first-order valence-electron chi connectivity index (χ1n) is 8.02. The van der Waals surface area contributed by atoms with Crippen molar-refractivity contribution in [3.05, 3.63) is 52.3 Å². The van der Waals surface area contributed by atoms with Crippen LogP contribution in [0.5, 0.6) is 0 Å². The molecule has 5 nitrogen and oxygen atoms in total. The van der Waals surface area contributed by atoms with E-state index >= 15 is 0 Å². The highest BCUT2D eigenvalue weighted by atomic mass is 19.4. The molecule has 1 aliphatic rings. The van der Waals surface area contributed by atoms with Crippen molar-refractivity contribution in [2.45, 2.75) is 25.2 Å². The van der Waals surface area contributed by atoms with Crippen molar-refractivity contribution in [2.75, 3.05) is 6.54 Å². The van der Waals surface area contributed by atoms with E-state index in [0.29, 0.717) is 23.3 Å². The number of H-pyrrole nitrogens is 1. The molecule has 0 spiro atoms. The minimum Gasteiger partial charge on any atom is -0.312 e. The average Bonchev–Trinajstić information content (AvgIpc) is 2.85. The molecule has 1 saturated heterocycles. The van der Waals surface area contributed by atoms with Crippen molar-refractivity contribution in [3.63, 3.8) is 0 Å². The second-order valence-electron chi connectivity index (χ2n) is 6.26. The fourth-order valence-corrected chi connectivity index (χ4v) is 3.02. The number of halogens is 4. The van der Waals surface area contributed by atoms with Gasteiger partial charge in [-0.25, -0.2) is 14.2 Å². The molecule has 1 aliphatic heterocycles. The number of pyridine rings is 1. The molecule has 26 heavy (non-hydrogen) atoms. The highest BCUT2D eigenvalue weighted by Crippen LogP contribution is 2.34. The summed E-state index contributed by atoms with van der Waals surface area (Å²) in [6.45, 7) is 1.34. The third-order valence-corrected chi connectivity index (χ3v) is 4.56. The number of benzene rings is 1. The van der Waals surface area contributed by atoms with Crippen molar-refractivity contribution < 1.29 is 17.6 Å². The highest BCUT2D eigenvalue weighted by molar-refractivity contribution is 5.78. The van der Waals surface area contributed by atoms with Gasteiger partial charge in [-0.3, -0.25) is 9.55 Å². The summed E-state index contributed by atoms with van der Waals surface area (Å²) in [5.74, 6) is -1.33. The van der Waals surface area contributed by atoms with Crippen LogP contribution in [-0.4, -0.2) is 27.1 Å². The Labute approximate surface area is 144 Å². The Balaban J connectivity index is 1.80. The van der Waals surface area contributed by atoms with E-state index in [-0.39, 0.29) is 17.3 Å². The molecule has 136 valence electrons. The molecule has 1 atom stereocenters. The molecule has 1 fully saturated rings. The molecule has 1 aromatic carbocycles. The van der Waals surface area contributed by atoms with Crippen molar-refractivity contribution >= 4 is 11.2 Å². The molecule has 9 heteroatoms. The lowest BCUT2D eigenvalue weighted by Gasteiger charge is -2.27. The van der Waals surface area contributed by atoms with Crippen LogP contribution in [0.15, 0.2) is 35.3 Å². The SMILES string of the molecule is O=c1[nH]c2ncc(-c3ccc(F)c(C(F)(F)F)c3)cc2n1CC1CCN1. The molecule has 4 rings (SSSR count). The van der Waals surface area contributed by atoms with E-state index in [2.05, 4.69) is 15.3 Å². The quantitative estimate of drug-likeness (QED) is 0.701. The maximum Gasteiger partial charge on any atom is 0.419 e. The summed E-state index contributed by atoms with van der Waals surface area (Å²) in [6, 6.07) is 4.56. The van der Waals surface area contributed by atoms with E-state index in [1.54, 1.807) is 6.07 Å². The Morgan fingerprint density at radius 2 is 2.00 bits per heavy atom. The van der Waals surface area contributed by atoms with Gasteiger partial charge in [-0.15, -0.1) is 0 Å². The van der Waals surface area contributed by atoms with Gasteiger partial charge in [0.15, 0.2) is 5.65 Å². The fourth-order valence-electron chi connectivity index (χ4n) is 3.02. The lowest BCUT2D eigenvalue weighted by molar-refractivity contribution is -0.139. The van der Waals surface area contributed by atoms with Crippen LogP contribution in [0.2, 0.25) is 0 Å². The van der Waals surface area contributed by atoms with E-state index < -0.39 is 17.6 Å². The Morgan fingerprint density at radius 3 is 2.65 bits per heavy atom. The molecule has 1 unspecified atom stereocenters. The van der Waals surface area contributed by atoms with E-state index in [4.69, 9.17) is 0 Å². The number of nitrogens with one attached hydrogen (secondary N) is 2. The van der Waals surface area contributed by atoms with Gasteiger partial charge in [0.05, 0.1) is 11.1 Å². The third kappa shape index (κ3) is 2.88. The predicted octanol–water partition coefficient (Wildman–Crippen LogP) is 2.91. The van der Waals surface area contributed by atoms with Crippen LogP contribution < -0.4 is 11.0 Å². The van der Waals surface area contributed by atoms with Gasteiger partial charge in [-0.1, -0.05) is 6.07 Å². The first-order valence-corrected chi connectivity index (χ1v) is 8.02. The normalized spacial score (nSPS) is 17.5. The minimum atomic E-state index is -4.79. The van der Waals surface area contributed by atoms with Crippen LogP contribution in [0.1, 0.15) is 12.0 Å². The maximum absolute atomic E-state index is 13.5.